The van der Waals surface area contributed by atoms with Crippen molar-refractivity contribution in [2.45, 2.75) is 32.4 Å². The van der Waals surface area contributed by atoms with Crippen LogP contribution >= 0.6 is 11.6 Å². The highest BCUT2D eigenvalue weighted by Gasteiger charge is 2.27. The van der Waals surface area contributed by atoms with Gasteiger partial charge in [0, 0.05) is 36.4 Å². The van der Waals surface area contributed by atoms with Crippen LogP contribution in [0.4, 0.5) is 10.5 Å². The monoisotopic (exact) mass is 358 g/mol. The van der Waals surface area contributed by atoms with Crippen molar-refractivity contribution in [3.8, 4) is 0 Å². The maximum Gasteiger partial charge on any atom is 0.407 e. The summed E-state index contributed by atoms with van der Waals surface area (Å²) in [4.78, 5) is 15.1. The molecule has 25 heavy (non-hydrogen) atoms. The quantitative estimate of drug-likeness (QED) is 0.853. The average Bonchev–Trinajstić information content (AvgIpc) is 2.60. The molecular weight excluding hydrogens is 336 g/mol. The number of likely N-dealkylation sites (tertiary alicyclic amines) is 1. The van der Waals surface area contributed by atoms with Gasteiger partial charge in [-0.15, -0.1) is 0 Å². The minimum absolute atomic E-state index is 0.316. The van der Waals surface area contributed by atoms with Gasteiger partial charge >= 0.3 is 6.09 Å². The largest absolute Gasteiger partial charge is 0.465 e. The Morgan fingerprint density at radius 3 is 2.56 bits per heavy atom. The maximum absolute atomic E-state index is 11.2. The van der Waals surface area contributed by atoms with Crippen LogP contribution in [0.1, 0.15) is 24.0 Å². The number of carbonyl (C=O) groups is 1. The molecule has 1 amide bonds. The number of hydrogen-bond donors (Lipinski definition) is 1. The number of halogens is 1. The van der Waals surface area contributed by atoms with E-state index in [0.717, 1.165) is 30.0 Å². The van der Waals surface area contributed by atoms with Crippen LogP contribution in [0.15, 0.2) is 48.5 Å². The van der Waals surface area contributed by atoms with Gasteiger partial charge in [-0.1, -0.05) is 35.9 Å². The molecule has 0 radical (unpaired) electrons. The Labute approximate surface area is 153 Å². The minimum atomic E-state index is -0.824. The molecule has 3 rings (SSSR count). The van der Waals surface area contributed by atoms with Gasteiger partial charge in [0.05, 0.1) is 0 Å². The van der Waals surface area contributed by atoms with Crippen LogP contribution in [0, 0.1) is 6.92 Å². The number of anilines is 1. The first kappa shape index (κ1) is 17.6. The molecule has 1 aliphatic heterocycles. The Morgan fingerprint density at radius 2 is 1.92 bits per heavy atom. The number of carboxylic acid groups (broad SMARTS) is 1. The van der Waals surface area contributed by atoms with Gasteiger partial charge in [-0.3, -0.25) is 0 Å². The summed E-state index contributed by atoms with van der Waals surface area (Å²) in [5.74, 6) is 0. The zero-order valence-corrected chi connectivity index (χ0v) is 15.1. The van der Waals surface area contributed by atoms with E-state index < -0.39 is 6.09 Å². The summed E-state index contributed by atoms with van der Waals surface area (Å²) in [5.41, 5.74) is 3.56. The van der Waals surface area contributed by atoms with E-state index >= 15 is 0 Å². The Morgan fingerprint density at radius 1 is 1.20 bits per heavy atom. The van der Waals surface area contributed by atoms with Crippen molar-refractivity contribution in [2.24, 2.45) is 0 Å². The fraction of sp³-hybridized carbons (Fsp3) is 0.350. The molecule has 5 heteroatoms. The molecule has 2 aromatic rings. The number of piperidine rings is 1. The van der Waals surface area contributed by atoms with Crippen LogP contribution in [0.5, 0.6) is 0 Å². The topological polar surface area (TPSA) is 43.8 Å². The molecule has 0 unspecified atom stereocenters. The molecule has 1 fully saturated rings. The number of rotatable bonds is 4. The van der Waals surface area contributed by atoms with E-state index in [9.17, 15) is 9.90 Å². The Kier molecular flexibility index (Phi) is 5.49. The third kappa shape index (κ3) is 4.45. The molecule has 4 nitrogen and oxygen atoms in total. The molecule has 0 spiro atoms. The first-order valence-electron chi connectivity index (χ1n) is 8.58. The molecule has 1 saturated heterocycles. The predicted octanol–water partition coefficient (Wildman–Crippen LogP) is 4.80. The van der Waals surface area contributed by atoms with Gasteiger partial charge in [0.2, 0.25) is 0 Å². The highest BCUT2D eigenvalue weighted by Crippen LogP contribution is 2.27. The summed E-state index contributed by atoms with van der Waals surface area (Å²) >= 11 is 6.15. The van der Waals surface area contributed by atoms with Crippen LogP contribution in [-0.2, 0) is 6.54 Å². The lowest BCUT2D eigenvalue weighted by molar-refractivity contribution is 0.131. The smallest absolute Gasteiger partial charge is 0.407 e. The van der Waals surface area contributed by atoms with E-state index in [2.05, 4.69) is 42.2 Å². The standard InChI is InChI=1S/C20H23ClN2O2/c1-15-4-2-7-19(12-15)23(14-16-5-3-6-17(21)13-16)18-8-10-22(11-9-18)20(24)25/h2-7,12-13,18H,8-11,14H2,1H3,(H,24,25). The normalized spacial score (nSPS) is 15.2. The van der Waals surface area contributed by atoms with Gasteiger partial charge < -0.3 is 14.9 Å². The van der Waals surface area contributed by atoms with Crippen molar-refractivity contribution >= 4 is 23.4 Å². The summed E-state index contributed by atoms with van der Waals surface area (Å²) in [7, 11) is 0. The second-order valence-corrected chi connectivity index (χ2v) is 7.03. The van der Waals surface area contributed by atoms with Crippen LogP contribution in [0.2, 0.25) is 5.02 Å². The summed E-state index contributed by atoms with van der Waals surface area (Å²) in [6.07, 6.45) is 0.845. The van der Waals surface area contributed by atoms with Crippen LogP contribution in [0.3, 0.4) is 0 Å². The van der Waals surface area contributed by atoms with Gasteiger partial charge in [0.25, 0.3) is 0 Å². The minimum Gasteiger partial charge on any atom is -0.465 e. The highest BCUT2D eigenvalue weighted by molar-refractivity contribution is 6.30. The number of nitrogens with zero attached hydrogens (tertiary/aromatic N) is 2. The number of benzene rings is 2. The molecule has 1 heterocycles. The molecule has 1 aliphatic rings. The van der Waals surface area contributed by atoms with E-state index in [0.29, 0.717) is 19.1 Å². The SMILES string of the molecule is Cc1cccc(N(Cc2cccc(Cl)c2)C2CCN(C(=O)O)CC2)c1. The molecule has 2 aromatic carbocycles. The van der Waals surface area contributed by atoms with E-state index in [-0.39, 0.29) is 0 Å². The van der Waals surface area contributed by atoms with Crippen molar-refractivity contribution in [1.29, 1.82) is 0 Å². The fourth-order valence-electron chi connectivity index (χ4n) is 3.44. The van der Waals surface area contributed by atoms with Gasteiger partial charge in [-0.05, 0) is 55.2 Å². The Balaban J connectivity index is 1.83. The Bertz CT molecular complexity index is 742. The second kappa shape index (κ2) is 7.79. The van der Waals surface area contributed by atoms with Gasteiger partial charge in [0.1, 0.15) is 0 Å². The molecule has 0 bridgehead atoms. The first-order chi connectivity index (χ1) is 12.0. The maximum atomic E-state index is 11.2. The van der Waals surface area contributed by atoms with Crippen molar-refractivity contribution < 1.29 is 9.90 Å². The van der Waals surface area contributed by atoms with E-state index in [1.54, 1.807) is 0 Å². The fourth-order valence-corrected chi connectivity index (χ4v) is 3.65. The van der Waals surface area contributed by atoms with Gasteiger partial charge in [-0.25, -0.2) is 4.79 Å². The van der Waals surface area contributed by atoms with Crippen LogP contribution in [0.25, 0.3) is 0 Å². The lowest BCUT2D eigenvalue weighted by atomic mass is 10.0. The van der Waals surface area contributed by atoms with E-state index in [1.807, 2.05) is 18.2 Å². The lowest BCUT2D eigenvalue weighted by Gasteiger charge is -2.39. The molecular formula is C20H23ClN2O2. The number of hydrogen-bond acceptors (Lipinski definition) is 2. The lowest BCUT2D eigenvalue weighted by Crippen LogP contribution is -2.46. The molecule has 0 aromatic heterocycles. The van der Waals surface area contributed by atoms with Crippen molar-refractivity contribution in [3.63, 3.8) is 0 Å². The third-order valence-corrected chi connectivity index (χ3v) is 4.99. The van der Waals surface area contributed by atoms with Crippen LogP contribution < -0.4 is 4.90 Å². The van der Waals surface area contributed by atoms with Crippen molar-refractivity contribution in [1.82, 2.24) is 4.90 Å². The van der Waals surface area contributed by atoms with Crippen molar-refractivity contribution in [3.05, 3.63) is 64.7 Å². The molecule has 0 aliphatic carbocycles. The summed E-state index contributed by atoms with van der Waals surface area (Å²) in [5, 5.41) is 9.92. The zero-order chi connectivity index (χ0) is 17.8. The first-order valence-corrected chi connectivity index (χ1v) is 8.96. The van der Waals surface area contributed by atoms with E-state index in [1.165, 1.54) is 16.2 Å². The zero-order valence-electron chi connectivity index (χ0n) is 14.4. The average molecular weight is 359 g/mol. The summed E-state index contributed by atoms with van der Waals surface area (Å²) in [6, 6.07) is 16.7. The van der Waals surface area contributed by atoms with E-state index in [4.69, 9.17) is 11.6 Å². The molecule has 132 valence electrons. The highest BCUT2D eigenvalue weighted by atomic mass is 35.5. The summed E-state index contributed by atoms with van der Waals surface area (Å²) in [6.45, 7) is 4.02. The number of amides is 1. The van der Waals surface area contributed by atoms with Gasteiger partial charge in [0.15, 0.2) is 0 Å². The molecule has 0 saturated carbocycles. The van der Waals surface area contributed by atoms with Crippen molar-refractivity contribution in [2.75, 3.05) is 18.0 Å². The molecule has 1 N–H and O–H groups in total. The second-order valence-electron chi connectivity index (χ2n) is 6.60. The number of aryl methyl sites for hydroxylation is 1. The van der Waals surface area contributed by atoms with Gasteiger partial charge in [-0.2, -0.15) is 0 Å². The van der Waals surface area contributed by atoms with Crippen LogP contribution in [-0.4, -0.2) is 35.2 Å². The predicted molar refractivity (Wildman–Crippen MR) is 101 cm³/mol. The molecule has 0 atom stereocenters. The Hall–Kier alpha value is -2.20. The summed E-state index contributed by atoms with van der Waals surface area (Å²) < 4.78 is 0. The third-order valence-electron chi connectivity index (χ3n) is 4.75.